The van der Waals surface area contributed by atoms with Crippen LogP contribution in [0.25, 0.3) is 0 Å². The molecule has 0 radical (unpaired) electrons. The minimum Gasteiger partial charge on any atom is -0.497 e. The summed E-state index contributed by atoms with van der Waals surface area (Å²) in [7, 11) is 3.19. The summed E-state index contributed by atoms with van der Waals surface area (Å²) in [5.41, 5.74) is 0.915. The zero-order valence-corrected chi connectivity index (χ0v) is 19.9. The Morgan fingerprint density at radius 1 is 1.12 bits per heavy atom. The highest BCUT2D eigenvalue weighted by atomic mass is 16.5. The monoisotopic (exact) mass is 465 g/mol. The molecule has 2 aliphatic rings. The number of carbonyl (C=O) groups is 3. The maximum absolute atomic E-state index is 13.3. The predicted molar refractivity (Wildman–Crippen MR) is 127 cm³/mol. The van der Waals surface area contributed by atoms with E-state index in [0.29, 0.717) is 30.9 Å². The third-order valence-corrected chi connectivity index (χ3v) is 6.76. The molecule has 2 heterocycles. The zero-order chi connectivity index (χ0) is 24.3. The molecule has 4 rings (SSSR count). The topological polar surface area (TPSA) is 88.2 Å². The second-order valence-electron chi connectivity index (χ2n) is 8.99. The van der Waals surface area contributed by atoms with Crippen molar-refractivity contribution in [3.05, 3.63) is 59.7 Å². The Morgan fingerprint density at radius 3 is 2.59 bits per heavy atom. The third-order valence-electron chi connectivity index (χ3n) is 6.76. The number of amides is 4. The van der Waals surface area contributed by atoms with Gasteiger partial charge in [-0.3, -0.25) is 14.5 Å². The van der Waals surface area contributed by atoms with Crippen molar-refractivity contribution in [1.82, 2.24) is 15.1 Å². The van der Waals surface area contributed by atoms with Gasteiger partial charge in [0.25, 0.3) is 5.91 Å². The van der Waals surface area contributed by atoms with Crippen molar-refractivity contribution < 1.29 is 23.9 Å². The van der Waals surface area contributed by atoms with E-state index in [1.165, 1.54) is 0 Å². The largest absolute Gasteiger partial charge is 0.497 e. The van der Waals surface area contributed by atoms with Gasteiger partial charge in [0.2, 0.25) is 5.91 Å². The lowest BCUT2D eigenvalue weighted by molar-refractivity contribution is -0.139. The minimum absolute atomic E-state index is 0.206. The van der Waals surface area contributed by atoms with Crippen LogP contribution in [-0.2, 0) is 16.0 Å². The number of urea groups is 1. The van der Waals surface area contributed by atoms with Gasteiger partial charge in [0.05, 0.1) is 20.3 Å². The number of nitrogens with zero attached hydrogens (tertiary/aromatic N) is 2. The fraction of sp³-hybridized carbons (Fsp3) is 0.423. The summed E-state index contributed by atoms with van der Waals surface area (Å²) < 4.78 is 10.9. The molecule has 34 heavy (non-hydrogen) atoms. The molecular formula is C26H31N3O5. The highest BCUT2D eigenvalue weighted by Crippen LogP contribution is 2.39. The van der Waals surface area contributed by atoms with Gasteiger partial charge in [-0.1, -0.05) is 30.3 Å². The average Bonchev–Trinajstić information content (AvgIpc) is 3.42. The molecule has 8 nitrogen and oxygen atoms in total. The zero-order valence-electron chi connectivity index (χ0n) is 19.9. The second kappa shape index (κ2) is 9.75. The van der Waals surface area contributed by atoms with Crippen LogP contribution in [0, 0.1) is 0 Å². The van der Waals surface area contributed by atoms with Crippen LogP contribution in [0.5, 0.6) is 11.5 Å². The lowest BCUT2D eigenvalue weighted by Gasteiger charge is -2.28. The Balaban J connectivity index is 1.46. The standard InChI is InChI=1S/C26H31N3O5/c1-26(14-13-18-8-5-4-6-9-18)24(31)29(25(32)27-26)17-23(30)28-15-7-10-21(28)20-16-19(33-2)11-12-22(20)34-3/h4-6,8-9,11-12,16,21H,7,10,13-15,17H2,1-3H3,(H,27,32)/t21-,26-/m1/s1. The van der Waals surface area contributed by atoms with Crippen molar-refractivity contribution in [2.75, 3.05) is 27.3 Å². The fourth-order valence-electron chi connectivity index (χ4n) is 4.81. The summed E-state index contributed by atoms with van der Waals surface area (Å²) in [4.78, 5) is 41.9. The third kappa shape index (κ3) is 4.58. The SMILES string of the molecule is COc1ccc(OC)c([C@H]2CCCN2C(=O)CN2C(=O)N[C@](C)(CCc3ccccc3)C2=O)c1. The molecule has 2 atom stereocenters. The molecule has 4 amide bonds. The quantitative estimate of drug-likeness (QED) is 0.605. The average molecular weight is 466 g/mol. The van der Waals surface area contributed by atoms with Crippen molar-refractivity contribution >= 4 is 17.8 Å². The van der Waals surface area contributed by atoms with Gasteiger partial charge >= 0.3 is 6.03 Å². The number of likely N-dealkylation sites (tertiary alicyclic amines) is 1. The lowest BCUT2D eigenvalue weighted by atomic mass is 9.93. The number of rotatable bonds is 8. The normalized spacial score (nSPS) is 22.1. The van der Waals surface area contributed by atoms with Crippen LogP contribution in [0.1, 0.15) is 43.4 Å². The first-order valence-electron chi connectivity index (χ1n) is 11.6. The Morgan fingerprint density at radius 2 is 1.88 bits per heavy atom. The van der Waals surface area contributed by atoms with Crippen molar-refractivity contribution in [2.24, 2.45) is 0 Å². The van der Waals surface area contributed by atoms with Crippen molar-refractivity contribution in [3.8, 4) is 11.5 Å². The molecule has 2 aromatic carbocycles. The van der Waals surface area contributed by atoms with Crippen LogP contribution in [0.4, 0.5) is 4.79 Å². The molecule has 2 saturated heterocycles. The second-order valence-corrected chi connectivity index (χ2v) is 8.99. The lowest BCUT2D eigenvalue weighted by Crippen LogP contribution is -2.46. The van der Waals surface area contributed by atoms with Crippen LogP contribution >= 0.6 is 0 Å². The number of carbonyl (C=O) groups excluding carboxylic acids is 3. The number of ether oxygens (including phenoxy) is 2. The van der Waals surface area contributed by atoms with Gasteiger partial charge in [-0.15, -0.1) is 0 Å². The molecule has 180 valence electrons. The van der Waals surface area contributed by atoms with Crippen LogP contribution in [-0.4, -0.2) is 60.5 Å². The van der Waals surface area contributed by atoms with Crippen molar-refractivity contribution in [1.29, 1.82) is 0 Å². The molecule has 0 bridgehead atoms. The first-order chi connectivity index (χ1) is 16.4. The fourth-order valence-corrected chi connectivity index (χ4v) is 4.81. The van der Waals surface area contributed by atoms with Gasteiger partial charge in [0.15, 0.2) is 0 Å². The highest BCUT2D eigenvalue weighted by molar-refractivity contribution is 6.08. The summed E-state index contributed by atoms with van der Waals surface area (Å²) in [6, 6.07) is 14.6. The van der Waals surface area contributed by atoms with Crippen LogP contribution in [0.15, 0.2) is 48.5 Å². The van der Waals surface area contributed by atoms with E-state index in [1.54, 1.807) is 26.0 Å². The van der Waals surface area contributed by atoms with E-state index >= 15 is 0 Å². The van der Waals surface area contributed by atoms with E-state index in [9.17, 15) is 14.4 Å². The van der Waals surface area contributed by atoms with Gasteiger partial charge in [0, 0.05) is 12.1 Å². The number of aryl methyl sites for hydroxylation is 1. The molecule has 0 aromatic heterocycles. The van der Waals surface area contributed by atoms with Crippen LogP contribution in [0.3, 0.4) is 0 Å². The number of hydrogen-bond donors (Lipinski definition) is 1. The smallest absolute Gasteiger partial charge is 0.325 e. The number of nitrogens with one attached hydrogen (secondary N) is 1. The van der Waals surface area contributed by atoms with E-state index in [0.717, 1.165) is 28.9 Å². The predicted octanol–water partition coefficient (Wildman–Crippen LogP) is 3.31. The van der Waals surface area contributed by atoms with E-state index in [-0.39, 0.29) is 24.4 Å². The van der Waals surface area contributed by atoms with E-state index < -0.39 is 11.6 Å². The van der Waals surface area contributed by atoms with Gasteiger partial charge in [-0.05, 0) is 56.4 Å². The molecule has 2 fully saturated rings. The van der Waals surface area contributed by atoms with Crippen molar-refractivity contribution in [3.63, 3.8) is 0 Å². The Kier molecular flexibility index (Phi) is 6.77. The van der Waals surface area contributed by atoms with Gasteiger partial charge < -0.3 is 19.7 Å². The first-order valence-corrected chi connectivity index (χ1v) is 11.6. The number of benzene rings is 2. The molecule has 0 spiro atoms. The summed E-state index contributed by atoms with van der Waals surface area (Å²) in [6.45, 7) is 1.99. The summed E-state index contributed by atoms with van der Waals surface area (Å²) in [5.74, 6) is 0.729. The molecular weight excluding hydrogens is 434 g/mol. The summed E-state index contributed by atoms with van der Waals surface area (Å²) in [5, 5.41) is 2.80. The van der Waals surface area contributed by atoms with Crippen LogP contribution in [0.2, 0.25) is 0 Å². The molecule has 2 aliphatic heterocycles. The minimum atomic E-state index is -1.03. The maximum Gasteiger partial charge on any atom is 0.325 e. The van der Waals surface area contributed by atoms with Gasteiger partial charge in [0.1, 0.15) is 23.6 Å². The first kappa shape index (κ1) is 23.6. The molecule has 0 aliphatic carbocycles. The number of hydrogen-bond acceptors (Lipinski definition) is 5. The number of methoxy groups -OCH3 is 2. The molecule has 0 unspecified atom stereocenters. The Bertz CT molecular complexity index is 1070. The Hall–Kier alpha value is -3.55. The molecule has 0 saturated carbocycles. The summed E-state index contributed by atoms with van der Waals surface area (Å²) in [6.07, 6.45) is 2.70. The molecule has 1 N–H and O–H groups in total. The van der Waals surface area contributed by atoms with E-state index in [2.05, 4.69) is 5.32 Å². The molecule has 8 heteroatoms. The van der Waals surface area contributed by atoms with Gasteiger partial charge in [-0.2, -0.15) is 0 Å². The van der Waals surface area contributed by atoms with Crippen molar-refractivity contribution in [2.45, 2.75) is 44.2 Å². The molecule has 2 aromatic rings. The van der Waals surface area contributed by atoms with E-state index in [1.807, 2.05) is 48.5 Å². The number of imide groups is 1. The van der Waals surface area contributed by atoms with Crippen LogP contribution < -0.4 is 14.8 Å². The maximum atomic E-state index is 13.3. The summed E-state index contributed by atoms with van der Waals surface area (Å²) >= 11 is 0. The highest BCUT2D eigenvalue weighted by Gasteiger charge is 2.48. The van der Waals surface area contributed by atoms with E-state index in [4.69, 9.17) is 9.47 Å². The van der Waals surface area contributed by atoms with Gasteiger partial charge in [-0.25, -0.2) is 4.79 Å². The Labute approximate surface area is 199 Å².